The third kappa shape index (κ3) is 6.13. The second kappa shape index (κ2) is 11.5. The summed E-state index contributed by atoms with van der Waals surface area (Å²) in [7, 11) is 0. The normalized spacial score (nSPS) is 18.2. The molecule has 3 heterocycles. The molecule has 1 aromatic heterocycles. The lowest BCUT2D eigenvalue weighted by Gasteiger charge is -2.35. The fourth-order valence-electron chi connectivity index (χ4n) is 5.08. The molecule has 2 aromatic carbocycles. The molecule has 0 radical (unpaired) electrons. The predicted octanol–water partition coefficient (Wildman–Crippen LogP) is 5.69. The summed E-state index contributed by atoms with van der Waals surface area (Å²) in [5.74, 6) is 0.978. The number of aryl methyl sites for hydroxylation is 1. The van der Waals surface area contributed by atoms with Crippen molar-refractivity contribution in [2.24, 2.45) is 4.99 Å². The van der Waals surface area contributed by atoms with Gasteiger partial charge in [0.1, 0.15) is 11.6 Å². The van der Waals surface area contributed by atoms with Crippen molar-refractivity contribution in [3.63, 3.8) is 0 Å². The Labute approximate surface area is 218 Å². The van der Waals surface area contributed by atoms with Gasteiger partial charge >= 0.3 is 0 Å². The van der Waals surface area contributed by atoms with E-state index in [4.69, 9.17) is 4.99 Å². The number of pyridine rings is 1. The maximum Gasteiger partial charge on any atom is 0.222 e. The monoisotopic (exact) mass is 496 g/mol. The van der Waals surface area contributed by atoms with Crippen molar-refractivity contribution < 1.29 is 9.18 Å². The number of amides is 1. The SMILES string of the molecule is Cc1cc(C2=CC(c3ccccc3)=NC(CCC(=O)N3CCN(c4ccccn4)CC3)CC2)ccc1F. The van der Waals surface area contributed by atoms with E-state index in [0.717, 1.165) is 60.6 Å². The van der Waals surface area contributed by atoms with Crippen LogP contribution in [0.5, 0.6) is 0 Å². The Morgan fingerprint density at radius 2 is 1.76 bits per heavy atom. The van der Waals surface area contributed by atoms with Crippen molar-refractivity contribution in [2.75, 3.05) is 31.1 Å². The molecule has 1 unspecified atom stereocenters. The Hall–Kier alpha value is -3.80. The van der Waals surface area contributed by atoms with Gasteiger partial charge in [-0.3, -0.25) is 9.79 Å². The van der Waals surface area contributed by atoms with E-state index in [0.29, 0.717) is 25.1 Å². The molecule has 0 spiro atoms. The van der Waals surface area contributed by atoms with Crippen LogP contribution in [0.3, 0.4) is 0 Å². The van der Waals surface area contributed by atoms with Gasteiger partial charge in [-0.1, -0.05) is 42.5 Å². The first kappa shape index (κ1) is 24.9. The number of halogens is 1. The number of piperazine rings is 1. The molecule has 0 N–H and O–H groups in total. The Balaban J connectivity index is 1.24. The largest absolute Gasteiger partial charge is 0.353 e. The molecule has 0 saturated carbocycles. The molecule has 190 valence electrons. The smallest absolute Gasteiger partial charge is 0.222 e. The molecule has 0 aliphatic carbocycles. The van der Waals surface area contributed by atoms with Crippen LogP contribution in [0.25, 0.3) is 5.57 Å². The van der Waals surface area contributed by atoms with Crippen molar-refractivity contribution in [2.45, 2.75) is 38.6 Å². The van der Waals surface area contributed by atoms with Gasteiger partial charge in [0, 0.05) is 38.8 Å². The van der Waals surface area contributed by atoms with Crippen LogP contribution in [0.4, 0.5) is 10.2 Å². The molecule has 2 aliphatic rings. The molecule has 1 fully saturated rings. The summed E-state index contributed by atoms with van der Waals surface area (Å²) in [4.78, 5) is 26.8. The molecule has 6 heteroatoms. The first-order valence-electron chi connectivity index (χ1n) is 13.1. The third-order valence-corrected chi connectivity index (χ3v) is 7.27. The Bertz CT molecular complexity index is 1280. The van der Waals surface area contributed by atoms with E-state index < -0.39 is 0 Å². The molecular weight excluding hydrogens is 463 g/mol. The second-order valence-corrected chi connectivity index (χ2v) is 9.80. The number of allylic oxidation sites excluding steroid dienone is 2. The zero-order valence-electron chi connectivity index (χ0n) is 21.3. The maximum atomic E-state index is 13.9. The molecule has 1 saturated heterocycles. The summed E-state index contributed by atoms with van der Waals surface area (Å²) in [5, 5.41) is 0. The van der Waals surface area contributed by atoms with Crippen LogP contribution in [0, 0.1) is 12.7 Å². The number of benzene rings is 2. The van der Waals surface area contributed by atoms with Gasteiger partial charge in [-0.05, 0) is 78.8 Å². The average molecular weight is 497 g/mol. The number of aromatic nitrogens is 1. The molecule has 1 atom stereocenters. The van der Waals surface area contributed by atoms with Crippen LogP contribution >= 0.6 is 0 Å². The van der Waals surface area contributed by atoms with E-state index in [9.17, 15) is 9.18 Å². The van der Waals surface area contributed by atoms with Crippen LogP contribution in [-0.4, -0.2) is 53.7 Å². The van der Waals surface area contributed by atoms with Crippen molar-refractivity contribution in [3.05, 3.63) is 102 Å². The molecule has 37 heavy (non-hydrogen) atoms. The number of nitrogens with zero attached hydrogens (tertiary/aromatic N) is 4. The Kier molecular flexibility index (Phi) is 7.73. The minimum absolute atomic E-state index is 0.0595. The number of anilines is 1. The lowest BCUT2D eigenvalue weighted by atomic mass is 9.95. The predicted molar refractivity (Wildman–Crippen MR) is 147 cm³/mol. The average Bonchev–Trinajstić information content (AvgIpc) is 3.17. The molecule has 5 nitrogen and oxygen atoms in total. The van der Waals surface area contributed by atoms with Gasteiger partial charge in [0.25, 0.3) is 0 Å². The zero-order valence-corrected chi connectivity index (χ0v) is 21.3. The molecular formula is C31H33FN4O. The highest BCUT2D eigenvalue weighted by molar-refractivity contribution is 6.12. The summed E-state index contributed by atoms with van der Waals surface area (Å²) >= 11 is 0. The number of hydrogen-bond donors (Lipinski definition) is 0. The van der Waals surface area contributed by atoms with Crippen molar-refractivity contribution in [3.8, 4) is 0 Å². The summed E-state index contributed by atoms with van der Waals surface area (Å²) in [6.07, 6.45) is 6.86. The second-order valence-electron chi connectivity index (χ2n) is 9.80. The van der Waals surface area contributed by atoms with Gasteiger partial charge in [-0.25, -0.2) is 9.37 Å². The van der Waals surface area contributed by atoms with Crippen LogP contribution < -0.4 is 4.90 Å². The number of rotatable bonds is 6. The highest BCUT2D eigenvalue weighted by Gasteiger charge is 2.23. The van der Waals surface area contributed by atoms with Crippen LogP contribution in [0.1, 0.15) is 42.4 Å². The Morgan fingerprint density at radius 1 is 0.973 bits per heavy atom. The van der Waals surface area contributed by atoms with Crippen molar-refractivity contribution in [1.82, 2.24) is 9.88 Å². The fraction of sp³-hybridized carbons (Fsp3) is 0.323. The quantitative estimate of drug-likeness (QED) is 0.440. The van der Waals surface area contributed by atoms with Gasteiger partial charge in [0.05, 0.1) is 11.8 Å². The minimum Gasteiger partial charge on any atom is -0.353 e. The van der Waals surface area contributed by atoms with Gasteiger partial charge in [0.2, 0.25) is 5.91 Å². The lowest BCUT2D eigenvalue weighted by Crippen LogP contribution is -2.49. The van der Waals surface area contributed by atoms with Gasteiger partial charge in [0.15, 0.2) is 0 Å². The summed E-state index contributed by atoms with van der Waals surface area (Å²) in [5.41, 5.74) is 4.82. The first-order chi connectivity index (χ1) is 18.1. The van der Waals surface area contributed by atoms with Crippen molar-refractivity contribution in [1.29, 1.82) is 0 Å². The fourth-order valence-corrected chi connectivity index (χ4v) is 5.08. The topological polar surface area (TPSA) is 48.8 Å². The van der Waals surface area contributed by atoms with E-state index in [-0.39, 0.29) is 17.8 Å². The number of hydrogen-bond acceptors (Lipinski definition) is 4. The van der Waals surface area contributed by atoms with E-state index in [1.807, 2.05) is 53.4 Å². The number of carbonyl (C=O) groups is 1. The van der Waals surface area contributed by atoms with Crippen molar-refractivity contribution >= 4 is 23.0 Å². The summed E-state index contributed by atoms with van der Waals surface area (Å²) < 4.78 is 13.9. The molecule has 2 aliphatic heterocycles. The van der Waals surface area contributed by atoms with Crippen LogP contribution in [0.15, 0.2) is 84.0 Å². The van der Waals surface area contributed by atoms with E-state index >= 15 is 0 Å². The van der Waals surface area contributed by atoms with Crippen LogP contribution in [-0.2, 0) is 4.79 Å². The van der Waals surface area contributed by atoms with E-state index in [1.54, 1.807) is 19.2 Å². The lowest BCUT2D eigenvalue weighted by molar-refractivity contribution is -0.131. The van der Waals surface area contributed by atoms with Gasteiger partial charge in [-0.15, -0.1) is 0 Å². The minimum atomic E-state index is -0.188. The third-order valence-electron chi connectivity index (χ3n) is 7.27. The Morgan fingerprint density at radius 3 is 2.49 bits per heavy atom. The first-order valence-corrected chi connectivity index (χ1v) is 13.1. The molecule has 3 aromatic rings. The maximum absolute atomic E-state index is 13.9. The molecule has 1 amide bonds. The molecule has 0 bridgehead atoms. The standard InChI is InChI=1S/C31H33FN4O/c1-23-21-25(11-14-28(23)32)26-10-12-27(34-29(22-26)24-7-3-2-4-8-24)13-15-31(37)36-19-17-35(18-20-36)30-9-5-6-16-33-30/h2-9,11,14,16,21-22,27H,10,12-13,15,17-20H2,1H3. The highest BCUT2D eigenvalue weighted by atomic mass is 19.1. The van der Waals surface area contributed by atoms with E-state index in [1.165, 1.54) is 0 Å². The number of aliphatic imine (C=N–C) groups is 1. The van der Waals surface area contributed by atoms with E-state index in [2.05, 4.69) is 28.1 Å². The summed E-state index contributed by atoms with van der Waals surface area (Å²) in [6, 6.07) is 21.5. The zero-order chi connectivity index (χ0) is 25.6. The number of carbonyl (C=O) groups excluding carboxylic acids is 1. The van der Waals surface area contributed by atoms with Gasteiger partial charge < -0.3 is 9.80 Å². The van der Waals surface area contributed by atoms with Crippen LogP contribution in [0.2, 0.25) is 0 Å². The molecule has 5 rings (SSSR count). The highest BCUT2D eigenvalue weighted by Crippen LogP contribution is 2.29. The summed E-state index contributed by atoms with van der Waals surface area (Å²) in [6.45, 7) is 4.83. The van der Waals surface area contributed by atoms with Gasteiger partial charge in [-0.2, -0.15) is 0 Å².